The molecule has 1 fully saturated rings. The number of carboxylic acid groups (broad SMARTS) is 1. The van der Waals surface area contributed by atoms with Gasteiger partial charge in [-0.15, -0.1) is 0 Å². The van der Waals surface area contributed by atoms with Gasteiger partial charge in [0.15, 0.2) is 0 Å². The lowest BCUT2D eigenvalue weighted by Gasteiger charge is -2.46. The number of carbonyl (C=O) groups is 3. The molecule has 3 heterocycles. The van der Waals surface area contributed by atoms with E-state index >= 15 is 0 Å². The summed E-state index contributed by atoms with van der Waals surface area (Å²) in [6.07, 6.45) is -1.49. The second-order valence-corrected chi connectivity index (χ2v) is 11.3. The van der Waals surface area contributed by atoms with Crippen molar-refractivity contribution in [3.63, 3.8) is 0 Å². The Bertz CT molecular complexity index is 1780. The molecule has 13 heteroatoms. The molecule has 0 radical (unpaired) electrons. The highest BCUT2D eigenvalue weighted by molar-refractivity contribution is 5.96. The Morgan fingerprint density at radius 2 is 1.80 bits per heavy atom. The van der Waals surface area contributed by atoms with Crippen LogP contribution in [-0.4, -0.2) is 63.0 Å². The van der Waals surface area contributed by atoms with Gasteiger partial charge in [0.05, 0.1) is 17.6 Å². The Hall–Kier alpha value is -5.33. The van der Waals surface area contributed by atoms with Gasteiger partial charge >= 0.3 is 12.3 Å². The van der Waals surface area contributed by atoms with Crippen molar-refractivity contribution in [2.24, 2.45) is 0 Å². The average molecular weight is 622 g/mol. The summed E-state index contributed by atoms with van der Waals surface area (Å²) in [6, 6.07) is 13.5. The molecule has 2 aromatic carbocycles. The molecule has 3 amide bonds. The van der Waals surface area contributed by atoms with Gasteiger partial charge in [0.2, 0.25) is 5.91 Å². The highest BCUT2D eigenvalue weighted by Crippen LogP contribution is 2.39. The highest BCUT2D eigenvalue weighted by Gasteiger charge is 2.39. The van der Waals surface area contributed by atoms with Gasteiger partial charge in [-0.25, -0.2) is 9.78 Å². The second-order valence-electron chi connectivity index (χ2n) is 11.3. The Morgan fingerprint density at radius 3 is 2.42 bits per heavy atom. The van der Waals surface area contributed by atoms with E-state index in [0.717, 1.165) is 6.07 Å². The lowest BCUT2D eigenvalue weighted by atomic mass is 9.96. The van der Waals surface area contributed by atoms with E-state index in [4.69, 9.17) is 10.2 Å². The smallest absolute Gasteiger partial charge is 0.420 e. The fourth-order valence-electron chi connectivity index (χ4n) is 5.25. The van der Waals surface area contributed by atoms with Crippen molar-refractivity contribution in [2.45, 2.75) is 32.1 Å². The third kappa shape index (κ3) is 6.92. The van der Waals surface area contributed by atoms with E-state index in [-0.39, 0.29) is 54.4 Å². The zero-order valence-corrected chi connectivity index (χ0v) is 24.4. The molecule has 1 aliphatic rings. The van der Waals surface area contributed by atoms with E-state index < -0.39 is 29.3 Å². The van der Waals surface area contributed by atoms with Crippen LogP contribution < -0.4 is 11.1 Å². The summed E-state index contributed by atoms with van der Waals surface area (Å²) in [5.74, 6) is -0.310. The van der Waals surface area contributed by atoms with Crippen LogP contribution in [0.2, 0.25) is 0 Å². The highest BCUT2D eigenvalue weighted by atomic mass is 19.4. The summed E-state index contributed by atoms with van der Waals surface area (Å²) < 4.78 is 47.9. The molecule has 0 spiro atoms. The van der Waals surface area contributed by atoms with Crippen molar-refractivity contribution in [3.05, 3.63) is 89.3 Å². The molecule has 0 unspecified atom stereocenters. The van der Waals surface area contributed by atoms with E-state index in [1.807, 2.05) is 0 Å². The summed E-state index contributed by atoms with van der Waals surface area (Å²) in [7, 11) is 0. The number of nitrogens with zero attached hydrogens (tertiary/aromatic N) is 3. The molecule has 4 aromatic rings. The summed E-state index contributed by atoms with van der Waals surface area (Å²) in [4.78, 5) is 43.7. The normalized spacial score (nSPS) is 15.0. The topological polar surface area (TPSA) is 142 Å². The molecule has 4 N–H and O–H groups in total. The predicted molar refractivity (Wildman–Crippen MR) is 161 cm³/mol. The van der Waals surface area contributed by atoms with Crippen molar-refractivity contribution < 1.29 is 37.1 Å². The third-order valence-corrected chi connectivity index (χ3v) is 7.53. The number of nitrogens with two attached hydrogens (primary N) is 1. The fourth-order valence-corrected chi connectivity index (χ4v) is 5.25. The molecule has 0 aliphatic carbocycles. The van der Waals surface area contributed by atoms with Crippen molar-refractivity contribution in [2.75, 3.05) is 25.4 Å². The van der Waals surface area contributed by atoms with Gasteiger partial charge in [0.25, 0.3) is 5.91 Å². The van der Waals surface area contributed by atoms with Crippen molar-refractivity contribution in [3.8, 4) is 11.1 Å². The number of carbonyl (C=O) groups excluding carboxylic acids is 2. The number of pyridine rings is 1. The SMILES string of the molecule is CC1(C)CN(C(=O)O)CCN1C(=O)c1ccc(-c2cc(C(F)(F)F)c3oc(CNC(=O)C=Cc4ccc(N)nc4)cc3c2)cc1. The average Bonchev–Trinajstić information content (AvgIpc) is 3.41. The number of furan rings is 1. The second kappa shape index (κ2) is 12.0. The number of amides is 3. The monoisotopic (exact) mass is 621 g/mol. The van der Waals surface area contributed by atoms with Gasteiger partial charge in [0.1, 0.15) is 17.2 Å². The van der Waals surface area contributed by atoms with Gasteiger partial charge < -0.3 is 30.4 Å². The molecule has 2 aromatic heterocycles. The van der Waals surface area contributed by atoms with Crippen LogP contribution in [0.5, 0.6) is 0 Å². The van der Waals surface area contributed by atoms with Crippen molar-refractivity contribution in [1.29, 1.82) is 0 Å². The zero-order valence-electron chi connectivity index (χ0n) is 24.4. The minimum absolute atomic E-state index is 0.134. The molecule has 1 saturated heterocycles. The number of nitrogens with one attached hydrogen (secondary N) is 1. The number of rotatable bonds is 6. The minimum Gasteiger partial charge on any atom is -0.465 e. The number of hydrogen-bond acceptors (Lipinski definition) is 6. The summed E-state index contributed by atoms with van der Waals surface area (Å²) in [6.45, 7) is 3.97. The van der Waals surface area contributed by atoms with Crippen LogP contribution in [0.4, 0.5) is 23.8 Å². The van der Waals surface area contributed by atoms with Crippen LogP contribution in [-0.2, 0) is 17.5 Å². The molecule has 0 atom stereocenters. The van der Waals surface area contributed by atoms with Gasteiger partial charge in [-0.3, -0.25) is 9.59 Å². The number of aromatic nitrogens is 1. The third-order valence-electron chi connectivity index (χ3n) is 7.53. The molecule has 10 nitrogen and oxygen atoms in total. The number of anilines is 1. The number of fused-ring (bicyclic) bond motifs is 1. The zero-order chi connectivity index (χ0) is 32.5. The van der Waals surface area contributed by atoms with E-state index in [9.17, 15) is 32.7 Å². The van der Waals surface area contributed by atoms with E-state index in [0.29, 0.717) is 22.5 Å². The van der Waals surface area contributed by atoms with E-state index in [1.165, 1.54) is 29.3 Å². The number of nitrogen functional groups attached to an aromatic ring is 1. The number of halogens is 3. The Labute approximate surface area is 255 Å². The maximum absolute atomic E-state index is 14.1. The standard InChI is InChI=1S/C32H30F3N5O5/c1-31(2)18-39(30(43)44)11-12-40(31)29(42)21-7-5-20(6-8-21)22-13-23-14-24(45-28(23)25(15-22)32(33,34)35)17-38-27(41)10-4-19-3-9-26(36)37-16-19/h3-10,13-16H,11-12,17-18H2,1-2H3,(H2,36,37)(H,38,41)(H,43,44). The Kier molecular flexibility index (Phi) is 8.28. The molecule has 1 aliphatic heterocycles. The Balaban J connectivity index is 1.34. The van der Waals surface area contributed by atoms with Crippen LogP contribution in [0.1, 0.15) is 41.1 Å². The first kappa shape index (κ1) is 31.1. The molecule has 0 saturated carbocycles. The lowest BCUT2D eigenvalue weighted by Crippen LogP contribution is -2.61. The molecular formula is C32H30F3N5O5. The summed E-state index contributed by atoms with van der Waals surface area (Å²) in [5, 5.41) is 12.1. The van der Waals surface area contributed by atoms with Crippen molar-refractivity contribution in [1.82, 2.24) is 20.1 Å². The van der Waals surface area contributed by atoms with Crippen LogP contribution in [0.15, 0.2) is 71.3 Å². The first-order valence-electron chi connectivity index (χ1n) is 13.9. The van der Waals surface area contributed by atoms with E-state index in [1.54, 1.807) is 61.2 Å². The number of alkyl halides is 3. The maximum Gasteiger partial charge on any atom is 0.420 e. The molecule has 5 rings (SSSR count). The molecule has 234 valence electrons. The van der Waals surface area contributed by atoms with Gasteiger partial charge in [-0.1, -0.05) is 12.1 Å². The van der Waals surface area contributed by atoms with Crippen LogP contribution in [0.3, 0.4) is 0 Å². The van der Waals surface area contributed by atoms with Crippen LogP contribution in [0, 0.1) is 0 Å². The number of piperazine rings is 1. The maximum atomic E-state index is 14.1. The Morgan fingerprint density at radius 1 is 1.07 bits per heavy atom. The van der Waals surface area contributed by atoms with Gasteiger partial charge in [0, 0.05) is 42.9 Å². The molecule has 45 heavy (non-hydrogen) atoms. The van der Waals surface area contributed by atoms with Gasteiger partial charge in [-0.05, 0) is 79.1 Å². The van der Waals surface area contributed by atoms with Crippen molar-refractivity contribution >= 4 is 40.8 Å². The number of benzene rings is 2. The quantitative estimate of drug-likeness (QED) is 0.237. The predicted octanol–water partition coefficient (Wildman–Crippen LogP) is 5.64. The summed E-state index contributed by atoms with van der Waals surface area (Å²) in [5.41, 5.74) is 5.16. The van der Waals surface area contributed by atoms with Gasteiger partial charge in [-0.2, -0.15) is 13.2 Å². The largest absolute Gasteiger partial charge is 0.465 e. The molecular weight excluding hydrogens is 591 g/mol. The summed E-state index contributed by atoms with van der Waals surface area (Å²) >= 11 is 0. The first-order valence-corrected chi connectivity index (χ1v) is 13.9. The number of hydrogen-bond donors (Lipinski definition) is 3. The minimum atomic E-state index is -4.72. The van der Waals surface area contributed by atoms with Crippen LogP contribution >= 0.6 is 0 Å². The van der Waals surface area contributed by atoms with Crippen LogP contribution in [0.25, 0.3) is 28.2 Å². The fraction of sp³-hybridized carbons (Fsp3) is 0.250. The van der Waals surface area contributed by atoms with E-state index in [2.05, 4.69) is 10.3 Å². The first-order chi connectivity index (χ1) is 21.2. The molecule has 0 bridgehead atoms. The lowest BCUT2D eigenvalue weighted by molar-refractivity contribution is -0.136.